The predicted octanol–water partition coefficient (Wildman–Crippen LogP) is 1.48. The number of hydrogen-bond acceptors (Lipinski definition) is 4. The fraction of sp³-hybridized carbons (Fsp3) is 0.444. The quantitative estimate of drug-likeness (QED) is 0.792. The van der Waals surface area contributed by atoms with Crippen LogP contribution in [0.4, 0.5) is 0 Å². The molecule has 3 rings (SSSR count). The molecule has 1 aliphatic rings. The van der Waals surface area contributed by atoms with Crippen LogP contribution in [0.5, 0.6) is 0 Å². The number of sulfonamides is 1. The van der Waals surface area contributed by atoms with Crippen molar-refractivity contribution in [3.8, 4) is 0 Å². The minimum Gasteiger partial charge on any atom is -0.340 e. The van der Waals surface area contributed by atoms with Crippen LogP contribution in [-0.4, -0.2) is 53.4 Å². The summed E-state index contributed by atoms with van der Waals surface area (Å²) in [5.74, 6) is -0.0988. The third-order valence-electron chi connectivity index (χ3n) is 4.73. The average molecular weight is 376 g/mol. The lowest BCUT2D eigenvalue weighted by atomic mass is 9.96. The van der Waals surface area contributed by atoms with Crippen molar-refractivity contribution in [1.29, 1.82) is 0 Å². The number of aryl methyl sites for hydroxylation is 1. The number of rotatable bonds is 5. The molecule has 0 unspecified atom stereocenters. The van der Waals surface area contributed by atoms with Crippen LogP contribution >= 0.6 is 0 Å². The highest BCUT2D eigenvalue weighted by Crippen LogP contribution is 2.25. The predicted molar refractivity (Wildman–Crippen MR) is 97.6 cm³/mol. The summed E-state index contributed by atoms with van der Waals surface area (Å²) in [6.07, 6.45) is 2.93. The molecule has 0 N–H and O–H groups in total. The van der Waals surface area contributed by atoms with Crippen molar-refractivity contribution in [2.75, 3.05) is 20.1 Å². The monoisotopic (exact) mass is 376 g/mol. The molecule has 1 amide bonds. The van der Waals surface area contributed by atoms with Gasteiger partial charge in [0.25, 0.3) is 0 Å². The van der Waals surface area contributed by atoms with Crippen molar-refractivity contribution in [1.82, 2.24) is 19.0 Å². The lowest BCUT2D eigenvalue weighted by molar-refractivity contribution is -0.136. The van der Waals surface area contributed by atoms with Crippen molar-refractivity contribution < 1.29 is 13.2 Å². The summed E-state index contributed by atoms with van der Waals surface area (Å²) in [6, 6.07) is 10.3. The van der Waals surface area contributed by atoms with Gasteiger partial charge in [0, 0.05) is 39.3 Å². The van der Waals surface area contributed by atoms with Gasteiger partial charge in [-0.15, -0.1) is 0 Å². The van der Waals surface area contributed by atoms with Crippen LogP contribution in [0.2, 0.25) is 0 Å². The Morgan fingerprint density at radius 1 is 1.19 bits per heavy atom. The zero-order chi connectivity index (χ0) is 18.7. The number of aromatic nitrogens is 2. The molecule has 8 heteroatoms. The Labute approximate surface area is 154 Å². The minimum atomic E-state index is -3.48. The Kier molecular flexibility index (Phi) is 5.43. The summed E-state index contributed by atoms with van der Waals surface area (Å²) in [5.41, 5.74) is 0.840. The zero-order valence-electron chi connectivity index (χ0n) is 15.1. The van der Waals surface area contributed by atoms with E-state index in [1.54, 1.807) is 47.0 Å². The van der Waals surface area contributed by atoms with Crippen LogP contribution in [0, 0.1) is 5.92 Å². The van der Waals surface area contributed by atoms with Gasteiger partial charge in [0.05, 0.1) is 17.1 Å². The molecule has 1 aromatic heterocycles. The topological polar surface area (TPSA) is 75.5 Å². The highest BCUT2D eigenvalue weighted by atomic mass is 32.2. The van der Waals surface area contributed by atoms with E-state index in [0.717, 1.165) is 5.69 Å². The number of benzene rings is 1. The van der Waals surface area contributed by atoms with Crippen LogP contribution < -0.4 is 0 Å². The lowest BCUT2D eigenvalue weighted by Gasteiger charge is -2.32. The maximum atomic E-state index is 12.7. The fourth-order valence-electron chi connectivity index (χ4n) is 3.26. The molecule has 0 radical (unpaired) electrons. The highest BCUT2D eigenvalue weighted by Gasteiger charge is 2.33. The third kappa shape index (κ3) is 3.96. The lowest BCUT2D eigenvalue weighted by Crippen LogP contribution is -2.43. The van der Waals surface area contributed by atoms with Gasteiger partial charge in [-0.3, -0.25) is 9.48 Å². The molecule has 2 aromatic rings. The van der Waals surface area contributed by atoms with E-state index in [1.165, 1.54) is 4.31 Å². The second-order valence-electron chi connectivity index (χ2n) is 6.67. The number of hydrogen-bond donors (Lipinski definition) is 0. The van der Waals surface area contributed by atoms with Gasteiger partial charge in [0.1, 0.15) is 0 Å². The molecule has 0 atom stereocenters. The van der Waals surface area contributed by atoms with E-state index < -0.39 is 10.0 Å². The van der Waals surface area contributed by atoms with E-state index in [2.05, 4.69) is 5.10 Å². The Morgan fingerprint density at radius 3 is 2.42 bits per heavy atom. The first-order valence-corrected chi connectivity index (χ1v) is 10.1. The van der Waals surface area contributed by atoms with E-state index in [-0.39, 0.29) is 11.8 Å². The van der Waals surface area contributed by atoms with Crippen molar-refractivity contribution in [3.63, 3.8) is 0 Å². The first kappa shape index (κ1) is 18.6. The zero-order valence-corrected chi connectivity index (χ0v) is 15.9. The smallest absolute Gasteiger partial charge is 0.243 e. The van der Waals surface area contributed by atoms with E-state index in [0.29, 0.717) is 37.4 Å². The van der Waals surface area contributed by atoms with Crippen LogP contribution in [0.25, 0.3) is 0 Å². The van der Waals surface area contributed by atoms with Crippen LogP contribution in [0.3, 0.4) is 0 Å². The molecule has 26 heavy (non-hydrogen) atoms. The Morgan fingerprint density at radius 2 is 1.85 bits per heavy atom. The second-order valence-corrected chi connectivity index (χ2v) is 8.60. The van der Waals surface area contributed by atoms with Crippen LogP contribution in [0.15, 0.2) is 47.5 Å². The van der Waals surface area contributed by atoms with Gasteiger partial charge < -0.3 is 4.90 Å². The summed E-state index contributed by atoms with van der Waals surface area (Å²) < 4.78 is 28.5. The molecule has 0 spiro atoms. The Balaban J connectivity index is 1.58. The number of carbonyl (C=O) groups excluding carboxylic acids is 1. The fourth-order valence-corrected chi connectivity index (χ4v) is 4.76. The molecule has 2 heterocycles. The van der Waals surface area contributed by atoms with Crippen molar-refractivity contribution in [3.05, 3.63) is 48.3 Å². The molecule has 0 saturated carbocycles. The summed E-state index contributed by atoms with van der Waals surface area (Å²) >= 11 is 0. The number of amides is 1. The molecule has 140 valence electrons. The van der Waals surface area contributed by atoms with Crippen molar-refractivity contribution in [2.24, 2.45) is 13.0 Å². The van der Waals surface area contributed by atoms with Gasteiger partial charge in [0.15, 0.2) is 0 Å². The van der Waals surface area contributed by atoms with Gasteiger partial charge in [-0.05, 0) is 31.0 Å². The number of carbonyl (C=O) groups is 1. The van der Waals surface area contributed by atoms with Crippen molar-refractivity contribution >= 4 is 15.9 Å². The molecule has 1 saturated heterocycles. The molecule has 1 aromatic carbocycles. The first-order chi connectivity index (χ1) is 12.4. The molecular weight excluding hydrogens is 352 g/mol. The van der Waals surface area contributed by atoms with E-state index in [9.17, 15) is 13.2 Å². The van der Waals surface area contributed by atoms with Gasteiger partial charge in [-0.25, -0.2) is 8.42 Å². The SMILES string of the molecule is CN(Cc1ccn(C)n1)C(=O)C1CCN(S(=O)(=O)c2ccccc2)CC1. The van der Waals surface area contributed by atoms with Crippen molar-refractivity contribution in [2.45, 2.75) is 24.3 Å². The van der Waals surface area contributed by atoms with Crippen LogP contribution in [-0.2, 0) is 28.4 Å². The van der Waals surface area contributed by atoms with Gasteiger partial charge in [0.2, 0.25) is 15.9 Å². The van der Waals surface area contributed by atoms with E-state index in [4.69, 9.17) is 0 Å². The van der Waals surface area contributed by atoms with E-state index in [1.807, 2.05) is 19.3 Å². The summed E-state index contributed by atoms with van der Waals surface area (Å²) in [5, 5.41) is 4.29. The third-order valence-corrected chi connectivity index (χ3v) is 6.64. The molecular formula is C18H24N4O3S. The number of piperidine rings is 1. The maximum Gasteiger partial charge on any atom is 0.243 e. The maximum absolute atomic E-state index is 12.7. The molecule has 0 bridgehead atoms. The summed E-state index contributed by atoms with van der Waals surface area (Å²) in [4.78, 5) is 14.6. The molecule has 0 aliphatic carbocycles. The van der Waals surface area contributed by atoms with Gasteiger partial charge in [-0.2, -0.15) is 9.40 Å². The Hall–Kier alpha value is -2.19. The minimum absolute atomic E-state index is 0.0485. The number of nitrogens with zero attached hydrogens (tertiary/aromatic N) is 4. The standard InChI is InChI=1S/C18H24N4O3S/c1-20(14-16-10-11-21(2)19-16)18(23)15-8-12-22(13-9-15)26(24,25)17-6-4-3-5-7-17/h3-7,10-11,15H,8-9,12-14H2,1-2H3. The van der Waals surface area contributed by atoms with Gasteiger partial charge in [-0.1, -0.05) is 18.2 Å². The van der Waals surface area contributed by atoms with E-state index >= 15 is 0 Å². The van der Waals surface area contributed by atoms with Gasteiger partial charge >= 0.3 is 0 Å². The summed E-state index contributed by atoms with van der Waals surface area (Å²) in [6.45, 7) is 1.19. The molecule has 1 aliphatic heterocycles. The van der Waals surface area contributed by atoms with Crippen LogP contribution in [0.1, 0.15) is 18.5 Å². The summed E-state index contributed by atoms with van der Waals surface area (Å²) in [7, 11) is 0.128. The largest absolute Gasteiger partial charge is 0.340 e. The normalized spacial score (nSPS) is 16.5. The Bertz CT molecular complexity index is 856. The average Bonchev–Trinajstić information content (AvgIpc) is 3.06. The molecule has 7 nitrogen and oxygen atoms in total. The molecule has 1 fully saturated rings. The second kappa shape index (κ2) is 7.59. The first-order valence-electron chi connectivity index (χ1n) is 8.66. The highest BCUT2D eigenvalue weighted by molar-refractivity contribution is 7.89.